The van der Waals surface area contributed by atoms with Crippen LogP contribution in [-0.2, 0) is 19.1 Å². The Morgan fingerprint density at radius 1 is 1.09 bits per heavy atom. The van der Waals surface area contributed by atoms with Gasteiger partial charge in [-0.25, -0.2) is 0 Å². The Morgan fingerprint density at radius 2 is 1.79 bits per heavy atom. The van der Waals surface area contributed by atoms with Crippen LogP contribution < -0.4 is 14.9 Å². The van der Waals surface area contributed by atoms with Crippen molar-refractivity contribution in [3.05, 3.63) is 51.4 Å². The van der Waals surface area contributed by atoms with Crippen molar-refractivity contribution < 1.29 is 32.2 Å². The SMILES string of the molecule is CCCc1cc2c(=O)c(-c3ccc4c(c3)OCCO4)c(C(F)(F)F)oc2c(CN(C)C)c1O. The zero-order valence-electron chi connectivity index (χ0n) is 18.5. The molecule has 0 aliphatic carbocycles. The third-order valence-electron chi connectivity index (χ3n) is 5.41. The third kappa shape index (κ3) is 4.25. The van der Waals surface area contributed by atoms with Gasteiger partial charge in [0.2, 0.25) is 11.2 Å². The number of benzene rings is 2. The van der Waals surface area contributed by atoms with Crippen molar-refractivity contribution >= 4 is 11.0 Å². The maximum Gasteiger partial charge on any atom is 0.450 e. The van der Waals surface area contributed by atoms with Crippen LogP contribution in [0, 0.1) is 0 Å². The summed E-state index contributed by atoms with van der Waals surface area (Å²) in [7, 11) is 3.42. The molecule has 2 heterocycles. The molecule has 0 amide bonds. The summed E-state index contributed by atoms with van der Waals surface area (Å²) in [4.78, 5) is 15.2. The molecule has 9 heteroatoms. The van der Waals surface area contributed by atoms with Crippen LogP contribution in [0.4, 0.5) is 13.2 Å². The summed E-state index contributed by atoms with van der Waals surface area (Å²) in [5.74, 6) is -0.912. The summed E-state index contributed by atoms with van der Waals surface area (Å²) < 4.78 is 58.7. The predicted molar refractivity (Wildman–Crippen MR) is 117 cm³/mol. The normalized spacial score (nSPS) is 13.7. The van der Waals surface area contributed by atoms with E-state index in [0.29, 0.717) is 30.8 Å². The van der Waals surface area contributed by atoms with Gasteiger partial charge in [0.15, 0.2) is 11.5 Å². The number of phenolic OH excluding ortho intramolecular Hbond substituents is 1. The summed E-state index contributed by atoms with van der Waals surface area (Å²) in [6.07, 6.45) is -3.80. The molecule has 0 radical (unpaired) electrons. The van der Waals surface area contributed by atoms with Gasteiger partial charge >= 0.3 is 6.18 Å². The Bertz CT molecular complexity index is 1260. The number of hydrogen-bond acceptors (Lipinski definition) is 6. The van der Waals surface area contributed by atoms with E-state index in [1.54, 1.807) is 19.0 Å². The summed E-state index contributed by atoms with van der Waals surface area (Å²) in [5, 5.41) is 10.8. The first-order valence-corrected chi connectivity index (χ1v) is 10.6. The zero-order chi connectivity index (χ0) is 23.9. The van der Waals surface area contributed by atoms with Gasteiger partial charge in [0.05, 0.1) is 16.5 Å². The highest BCUT2D eigenvalue weighted by Crippen LogP contribution is 2.42. The molecule has 1 aromatic heterocycles. The van der Waals surface area contributed by atoms with Gasteiger partial charge < -0.3 is 23.9 Å². The quantitative estimate of drug-likeness (QED) is 0.576. The zero-order valence-corrected chi connectivity index (χ0v) is 18.5. The van der Waals surface area contributed by atoms with E-state index in [1.165, 1.54) is 24.3 Å². The van der Waals surface area contributed by atoms with Crippen LogP contribution in [0.5, 0.6) is 17.2 Å². The molecular formula is C24H24F3NO5. The molecule has 0 unspecified atom stereocenters. The number of fused-ring (bicyclic) bond motifs is 2. The molecule has 0 fully saturated rings. The average molecular weight is 463 g/mol. The Morgan fingerprint density at radius 3 is 2.42 bits per heavy atom. The van der Waals surface area contributed by atoms with Gasteiger partial charge in [0.25, 0.3) is 0 Å². The molecule has 0 spiro atoms. The molecule has 0 bridgehead atoms. The second-order valence-electron chi connectivity index (χ2n) is 8.22. The van der Waals surface area contributed by atoms with Crippen molar-refractivity contribution in [1.82, 2.24) is 4.90 Å². The number of alkyl halides is 3. The maximum absolute atomic E-state index is 14.1. The molecule has 4 rings (SSSR count). The highest BCUT2D eigenvalue weighted by atomic mass is 19.4. The lowest BCUT2D eigenvalue weighted by molar-refractivity contribution is -0.152. The molecule has 1 aliphatic rings. The number of aryl methyl sites for hydroxylation is 1. The Hall–Kier alpha value is -3.20. The number of ether oxygens (including phenoxy) is 2. The molecule has 3 aromatic rings. The van der Waals surface area contributed by atoms with Gasteiger partial charge in [0.1, 0.15) is 24.5 Å². The van der Waals surface area contributed by atoms with E-state index >= 15 is 0 Å². The molecule has 1 N–H and O–H groups in total. The van der Waals surface area contributed by atoms with Crippen LogP contribution in [0.15, 0.2) is 33.5 Å². The third-order valence-corrected chi connectivity index (χ3v) is 5.41. The predicted octanol–water partition coefficient (Wildman–Crippen LogP) is 4.97. The molecule has 0 saturated carbocycles. The number of halogens is 3. The highest BCUT2D eigenvalue weighted by molar-refractivity contribution is 5.88. The fraction of sp³-hybridized carbons (Fsp3) is 0.375. The van der Waals surface area contributed by atoms with Crippen molar-refractivity contribution in [3.63, 3.8) is 0 Å². The molecule has 6 nitrogen and oxygen atoms in total. The van der Waals surface area contributed by atoms with Crippen LogP contribution in [0.1, 0.15) is 30.2 Å². The fourth-order valence-electron chi connectivity index (χ4n) is 4.03. The first-order chi connectivity index (χ1) is 15.6. The van der Waals surface area contributed by atoms with Crippen molar-refractivity contribution in [2.24, 2.45) is 0 Å². The van der Waals surface area contributed by atoms with Crippen molar-refractivity contribution in [2.45, 2.75) is 32.5 Å². The molecule has 33 heavy (non-hydrogen) atoms. The van der Waals surface area contributed by atoms with E-state index in [0.717, 1.165) is 0 Å². The molecule has 0 atom stereocenters. The summed E-state index contributed by atoms with van der Waals surface area (Å²) in [6, 6.07) is 5.65. The lowest BCUT2D eigenvalue weighted by Crippen LogP contribution is -2.19. The second-order valence-corrected chi connectivity index (χ2v) is 8.22. The lowest BCUT2D eigenvalue weighted by Gasteiger charge is -2.20. The lowest BCUT2D eigenvalue weighted by atomic mass is 9.96. The summed E-state index contributed by atoms with van der Waals surface area (Å²) in [5.41, 5.74) is -1.03. The van der Waals surface area contributed by atoms with Crippen LogP contribution >= 0.6 is 0 Å². The first-order valence-electron chi connectivity index (χ1n) is 10.6. The van der Waals surface area contributed by atoms with Gasteiger partial charge in [-0.15, -0.1) is 0 Å². The molecule has 0 saturated heterocycles. The average Bonchev–Trinajstić information content (AvgIpc) is 2.76. The molecule has 176 valence electrons. The van der Waals surface area contributed by atoms with E-state index in [4.69, 9.17) is 13.9 Å². The highest BCUT2D eigenvalue weighted by Gasteiger charge is 2.40. The maximum atomic E-state index is 14.1. The van der Waals surface area contributed by atoms with E-state index < -0.39 is 22.9 Å². The van der Waals surface area contributed by atoms with Gasteiger partial charge in [-0.05, 0) is 49.8 Å². The number of rotatable bonds is 5. The van der Waals surface area contributed by atoms with Gasteiger partial charge in [-0.2, -0.15) is 13.2 Å². The van der Waals surface area contributed by atoms with Gasteiger partial charge in [-0.3, -0.25) is 4.79 Å². The molecular weight excluding hydrogens is 439 g/mol. The summed E-state index contributed by atoms with van der Waals surface area (Å²) >= 11 is 0. The first kappa shape index (κ1) is 23.0. The van der Waals surface area contributed by atoms with Gasteiger partial charge in [-0.1, -0.05) is 19.4 Å². The number of nitrogens with zero attached hydrogens (tertiary/aromatic N) is 1. The second kappa shape index (κ2) is 8.62. The molecule has 1 aliphatic heterocycles. The molecule has 2 aromatic carbocycles. The largest absolute Gasteiger partial charge is 0.507 e. The Labute approximate surface area is 188 Å². The topological polar surface area (TPSA) is 72.1 Å². The minimum Gasteiger partial charge on any atom is -0.507 e. The number of hydrogen-bond donors (Lipinski definition) is 1. The minimum absolute atomic E-state index is 0.00834. The van der Waals surface area contributed by atoms with Crippen molar-refractivity contribution in [3.8, 4) is 28.4 Å². The van der Waals surface area contributed by atoms with E-state index in [-0.39, 0.29) is 46.7 Å². The van der Waals surface area contributed by atoms with Crippen molar-refractivity contribution in [2.75, 3.05) is 27.3 Å². The Balaban J connectivity index is 2.08. The van der Waals surface area contributed by atoms with Crippen LogP contribution in [0.25, 0.3) is 22.1 Å². The fourth-order valence-corrected chi connectivity index (χ4v) is 4.03. The Kier molecular flexibility index (Phi) is 6.00. The monoisotopic (exact) mass is 463 g/mol. The van der Waals surface area contributed by atoms with E-state index in [2.05, 4.69) is 0 Å². The number of phenols is 1. The van der Waals surface area contributed by atoms with Crippen molar-refractivity contribution in [1.29, 1.82) is 0 Å². The van der Waals surface area contributed by atoms with E-state index in [1.807, 2.05) is 6.92 Å². The number of aromatic hydroxyl groups is 1. The minimum atomic E-state index is -4.94. The van der Waals surface area contributed by atoms with Gasteiger partial charge in [0, 0.05) is 6.54 Å². The van der Waals surface area contributed by atoms with E-state index in [9.17, 15) is 23.1 Å². The smallest absolute Gasteiger partial charge is 0.450 e. The van der Waals surface area contributed by atoms with Crippen LogP contribution in [0.2, 0.25) is 0 Å². The standard InChI is InChI=1S/C24H24F3NO5/c1-4-5-14-10-15-21(30)19(13-6-7-17-18(11-13)32-9-8-31-17)23(24(25,26)27)33-22(15)16(20(14)29)12-28(2)3/h6-7,10-11,29H,4-5,8-9,12H2,1-3H3. The van der Waals surface area contributed by atoms with Crippen LogP contribution in [0.3, 0.4) is 0 Å². The van der Waals surface area contributed by atoms with Crippen LogP contribution in [-0.4, -0.2) is 37.3 Å². The summed E-state index contributed by atoms with van der Waals surface area (Å²) in [6.45, 7) is 2.59.